The zero-order chi connectivity index (χ0) is 24.5. The van der Waals surface area contributed by atoms with Crippen LogP contribution in [0.5, 0.6) is 5.75 Å². The molecule has 10 nitrogen and oxygen atoms in total. The summed E-state index contributed by atoms with van der Waals surface area (Å²) in [4.78, 5) is 36.4. The molecule has 1 aromatic carbocycles. The van der Waals surface area contributed by atoms with Crippen molar-refractivity contribution in [2.24, 2.45) is 0 Å². The van der Waals surface area contributed by atoms with Crippen LogP contribution in [0.4, 0.5) is 11.8 Å². The molecule has 4 aromatic rings. The number of carbonyl (C=O) groups excluding carboxylic acids is 1. The number of fused-ring (bicyclic) bond motifs is 1. The zero-order valence-electron chi connectivity index (χ0n) is 19.7. The monoisotopic (exact) mass is 473 g/mol. The van der Waals surface area contributed by atoms with E-state index in [1.54, 1.807) is 52.0 Å². The number of carbonyl (C=O) groups is 1. The number of piperidine rings is 1. The van der Waals surface area contributed by atoms with Gasteiger partial charge in [-0.1, -0.05) is 13.0 Å². The van der Waals surface area contributed by atoms with Crippen LogP contribution in [0.2, 0.25) is 0 Å². The number of phenols is 1. The topological polar surface area (TPSA) is 118 Å². The molecule has 3 aromatic heterocycles. The van der Waals surface area contributed by atoms with Crippen molar-refractivity contribution >= 4 is 28.7 Å². The molecule has 0 unspecified atom stereocenters. The van der Waals surface area contributed by atoms with Crippen molar-refractivity contribution < 1.29 is 9.90 Å². The van der Waals surface area contributed by atoms with E-state index >= 15 is 0 Å². The maximum atomic E-state index is 13.1. The summed E-state index contributed by atoms with van der Waals surface area (Å²) < 4.78 is 3.33. The molecule has 1 atom stereocenters. The van der Waals surface area contributed by atoms with Crippen LogP contribution in [0.25, 0.3) is 16.7 Å². The molecule has 4 heterocycles. The number of pyridine rings is 1. The Labute approximate surface area is 201 Å². The van der Waals surface area contributed by atoms with Gasteiger partial charge in [-0.25, -0.2) is 9.67 Å². The largest absolute Gasteiger partial charge is 0.508 e. The molecule has 0 aliphatic carbocycles. The van der Waals surface area contributed by atoms with Crippen LogP contribution in [0.3, 0.4) is 0 Å². The molecule has 2 N–H and O–H groups in total. The van der Waals surface area contributed by atoms with Crippen LogP contribution in [-0.4, -0.2) is 53.3 Å². The number of nitrogens with zero attached hydrogens (tertiary/aromatic N) is 6. The quantitative estimate of drug-likeness (QED) is 0.456. The van der Waals surface area contributed by atoms with Gasteiger partial charge in [0.25, 0.3) is 5.56 Å². The van der Waals surface area contributed by atoms with Crippen molar-refractivity contribution in [2.75, 3.05) is 18.4 Å². The van der Waals surface area contributed by atoms with Gasteiger partial charge >= 0.3 is 0 Å². The summed E-state index contributed by atoms with van der Waals surface area (Å²) in [6, 6.07) is 10.0. The molecule has 0 spiro atoms. The van der Waals surface area contributed by atoms with Crippen molar-refractivity contribution in [3.63, 3.8) is 0 Å². The number of phenolic OH excluding ortho intramolecular Hbond substituents is 1. The third kappa shape index (κ3) is 4.46. The lowest BCUT2D eigenvalue weighted by atomic mass is 10.0. The van der Waals surface area contributed by atoms with Gasteiger partial charge in [-0.3, -0.25) is 14.2 Å². The van der Waals surface area contributed by atoms with E-state index in [0.717, 1.165) is 23.8 Å². The number of rotatable bonds is 5. The standard InChI is InChI=1S/C25H27N7O3/c1-3-22(34)30-10-5-7-18(15-30)32-23(35)12-16(2)20-14-26-25(28-24(20)32)27-21-9-11-31(29-21)17-6-4-8-19(33)13-17/h4,6,8-9,11-14,18,33H,3,5,7,10,15H2,1-2H3,(H,26,27,28,29)/t18-/m1/s1. The molecule has 0 radical (unpaired) electrons. The second-order valence-corrected chi connectivity index (χ2v) is 8.75. The number of aromatic nitrogens is 5. The van der Waals surface area contributed by atoms with E-state index in [2.05, 4.69) is 15.4 Å². The summed E-state index contributed by atoms with van der Waals surface area (Å²) in [5, 5.41) is 18.1. The van der Waals surface area contributed by atoms with Crippen molar-refractivity contribution in [1.82, 2.24) is 29.2 Å². The maximum absolute atomic E-state index is 13.1. The van der Waals surface area contributed by atoms with Crippen LogP contribution in [0, 0.1) is 6.92 Å². The third-order valence-electron chi connectivity index (χ3n) is 6.34. The van der Waals surface area contributed by atoms with Gasteiger partial charge in [-0.15, -0.1) is 0 Å². The highest BCUT2D eigenvalue weighted by Crippen LogP contribution is 2.26. The first-order chi connectivity index (χ1) is 16.9. The molecule has 1 fully saturated rings. The Bertz CT molecular complexity index is 1460. The zero-order valence-corrected chi connectivity index (χ0v) is 19.7. The molecular weight excluding hydrogens is 446 g/mol. The first-order valence-corrected chi connectivity index (χ1v) is 11.7. The predicted octanol–water partition coefficient (Wildman–Crippen LogP) is 3.31. The molecule has 180 valence electrons. The number of hydrogen-bond acceptors (Lipinski definition) is 7. The average molecular weight is 474 g/mol. The fourth-order valence-corrected chi connectivity index (χ4v) is 4.58. The SMILES string of the molecule is CCC(=O)N1CCC[C@@H](n2c(=O)cc(C)c3cnc(Nc4ccn(-c5cccc(O)c5)n4)nc32)C1. The molecular formula is C25H27N7O3. The Hall–Kier alpha value is -4.21. The van der Waals surface area contributed by atoms with Crippen molar-refractivity contribution in [1.29, 1.82) is 0 Å². The minimum absolute atomic E-state index is 0.0958. The van der Waals surface area contributed by atoms with Gasteiger partial charge in [-0.05, 0) is 37.5 Å². The smallest absolute Gasteiger partial charge is 0.252 e. The van der Waals surface area contributed by atoms with E-state index in [9.17, 15) is 14.7 Å². The van der Waals surface area contributed by atoms with Gasteiger partial charge < -0.3 is 15.3 Å². The summed E-state index contributed by atoms with van der Waals surface area (Å²) in [6.07, 6.45) is 5.55. The second-order valence-electron chi connectivity index (χ2n) is 8.75. The molecule has 1 saturated heterocycles. The molecule has 35 heavy (non-hydrogen) atoms. The minimum Gasteiger partial charge on any atom is -0.508 e. The van der Waals surface area contributed by atoms with Crippen molar-refractivity contribution in [3.05, 3.63) is 64.7 Å². The first kappa shape index (κ1) is 22.6. The summed E-state index contributed by atoms with van der Waals surface area (Å²) in [5.74, 6) is 1.08. The highest BCUT2D eigenvalue weighted by Gasteiger charge is 2.26. The highest BCUT2D eigenvalue weighted by molar-refractivity contribution is 5.79. The van der Waals surface area contributed by atoms with Crippen LogP contribution >= 0.6 is 0 Å². The Morgan fingerprint density at radius 3 is 2.91 bits per heavy atom. The Kier molecular flexibility index (Phi) is 5.94. The molecule has 1 aliphatic rings. The molecule has 10 heteroatoms. The van der Waals surface area contributed by atoms with E-state index in [1.165, 1.54) is 0 Å². The predicted molar refractivity (Wildman–Crippen MR) is 132 cm³/mol. The van der Waals surface area contributed by atoms with Gasteiger partial charge in [0.1, 0.15) is 11.4 Å². The number of hydrogen-bond donors (Lipinski definition) is 2. The number of aromatic hydroxyl groups is 1. The van der Waals surface area contributed by atoms with E-state index in [0.29, 0.717) is 42.6 Å². The third-order valence-corrected chi connectivity index (χ3v) is 6.34. The van der Waals surface area contributed by atoms with E-state index in [1.807, 2.05) is 24.8 Å². The van der Waals surface area contributed by atoms with Gasteiger partial charge in [-0.2, -0.15) is 10.1 Å². The van der Waals surface area contributed by atoms with E-state index in [4.69, 9.17) is 4.98 Å². The number of benzene rings is 1. The molecule has 5 rings (SSSR count). The summed E-state index contributed by atoms with van der Waals surface area (Å²) in [5.41, 5.74) is 1.92. The normalized spacial score (nSPS) is 15.9. The fraction of sp³-hybridized carbons (Fsp3) is 0.320. The van der Waals surface area contributed by atoms with Crippen molar-refractivity contribution in [3.8, 4) is 11.4 Å². The first-order valence-electron chi connectivity index (χ1n) is 11.7. The van der Waals surface area contributed by atoms with E-state index < -0.39 is 0 Å². The lowest BCUT2D eigenvalue weighted by molar-refractivity contribution is -0.132. The van der Waals surface area contributed by atoms with Crippen molar-refractivity contribution in [2.45, 2.75) is 39.2 Å². The van der Waals surface area contributed by atoms with Crippen LogP contribution in [-0.2, 0) is 4.79 Å². The number of aryl methyl sites for hydroxylation is 1. The Balaban J connectivity index is 1.49. The highest BCUT2D eigenvalue weighted by atomic mass is 16.3. The van der Waals surface area contributed by atoms with Crippen LogP contribution in [0.15, 0.2) is 53.6 Å². The van der Waals surface area contributed by atoms with Gasteiger partial charge in [0.05, 0.1) is 11.7 Å². The fourth-order valence-electron chi connectivity index (χ4n) is 4.58. The summed E-state index contributed by atoms with van der Waals surface area (Å²) in [6.45, 7) is 4.93. The van der Waals surface area contributed by atoms with Gasteiger partial charge in [0.15, 0.2) is 5.82 Å². The van der Waals surface area contributed by atoms with Crippen LogP contribution < -0.4 is 10.9 Å². The molecule has 0 bridgehead atoms. The molecule has 1 aliphatic heterocycles. The number of likely N-dealkylation sites (tertiary alicyclic amines) is 1. The van der Waals surface area contributed by atoms with Crippen LogP contribution in [0.1, 0.15) is 37.8 Å². The maximum Gasteiger partial charge on any atom is 0.252 e. The van der Waals surface area contributed by atoms with Gasteiger partial charge in [0, 0.05) is 55.5 Å². The summed E-state index contributed by atoms with van der Waals surface area (Å²) in [7, 11) is 0. The molecule has 0 saturated carbocycles. The average Bonchev–Trinajstić information content (AvgIpc) is 3.32. The number of anilines is 2. The number of nitrogens with one attached hydrogen (secondary N) is 1. The summed E-state index contributed by atoms with van der Waals surface area (Å²) >= 11 is 0. The lowest BCUT2D eigenvalue weighted by Gasteiger charge is -2.34. The number of amides is 1. The lowest BCUT2D eigenvalue weighted by Crippen LogP contribution is -2.42. The Morgan fingerprint density at radius 2 is 2.11 bits per heavy atom. The van der Waals surface area contributed by atoms with Gasteiger partial charge in [0.2, 0.25) is 11.9 Å². The Morgan fingerprint density at radius 1 is 1.26 bits per heavy atom. The van der Waals surface area contributed by atoms with E-state index in [-0.39, 0.29) is 23.3 Å². The second kappa shape index (κ2) is 9.21. The minimum atomic E-state index is -0.150. The molecule has 1 amide bonds.